The van der Waals surface area contributed by atoms with Gasteiger partial charge in [-0.2, -0.15) is 0 Å². The predicted octanol–water partition coefficient (Wildman–Crippen LogP) is 2.02. The lowest BCUT2D eigenvalue weighted by atomic mass is 10.0. The van der Waals surface area contributed by atoms with E-state index in [0.29, 0.717) is 23.1 Å². The van der Waals surface area contributed by atoms with Crippen LogP contribution in [0.25, 0.3) is 0 Å². The molecule has 2 saturated carbocycles. The second kappa shape index (κ2) is 5.10. The van der Waals surface area contributed by atoms with Crippen LogP contribution in [0.3, 0.4) is 0 Å². The molecule has 0 spiro atoms. The van der Waals surface area contributed by atoms with Crippen molar-refractivity contribution in [3.05, 3.63) is 23.8 Å². The number of sulfonamides is 1. The summed E-state index contributed by atoms with van der Waals surface area (Å²) >= 11 is 0. The Kier molecular flexibility index (Phi) is 3.53. The number of fused-ring (bicyclic) bond motifs is 1. The Morgan fingerprint density at radius 2 is 1.86 bits per heavy atom. The van der Waals surface area contributed by atoms with Crippen molar-refractivity contribution < 1.29 is 13.2 Å². The molecule has 0 bridgehead atoms. The Hall–Kier alpha value is -1.40. The van der Waals surface area contributed by atoms with E-state index in [1.54, 1.807) is 19.1 Å². The normalized spacial score (nSPS) is 27.8. The summed E-state index contributed by atoms with van der Waals surface area (Å²) in [6, 6.07) is 4.77. The number of carbonyl (C=O) groups is 1. The first-order valence-corrected chi connectivity index (χ1v) is 8.87. The highest BCUT2D eigenvalue weighted by Gasteiger charge is 2.54. The minimum Gasteiger partial charge on any atom is -0.326 e. The third kappa shape index (κ3) is 2.70. The molecule has 3 N–H and O–H groups in total. The predicted molar refractivity (Wildman–Crippen MR) is 80.1 cm³/mol. The summed E-state index contributed by atoms with van der Waals surface area (Å²) in [4.78, 5) is 12.4. The quantitative estimate of drug-likeness (QED) is 0.895. The van der Waals surface area contributed by atoms with Gasteiger partial charge in [0, 0.05) is 11.6 Å². The van der Waals surface area contributed by atoms with Gasteiger partial charge < -0.3 is 5.32 Å². The number of amides is 1. The maximum atomic E-state index is 12.4. The molecule has 0 radical (unpaired) electrons. The Morgan fingerprint density at radius 1 is 1.24 bits per heavy atom. The van der Waals surface area contributed by atoms with Crippen molar-refractivity contribution in [2.24, 2.45) is 22.9 Å². The second-order valence-electron chi connectivity index (χ2n) is 6.10. The molecule has 0 aliphatic heterocycles. The molecule has 2 aliphatic rings. The fourth-order valence-electron chi connectivity index (χ4n) is 3.66. The first kappa shape index (κ1) is 14.5. The molecule has 1 aromatic rings. The second-order valence-corrected chi connectivity index (χ2v) is 7.63. The number of rotatable bonds is 3. The molecule has 0 aromatic heterocycles. The summed E-state index contributed by atoms with van der Waals surface area (Å²) in [5, 5.41) is 8.07. The molecule has 5 nitrogen and oxygen atoms in total. The monoisotopic (exact) mass is 308 g/mol. The van der Waals surface area contributed by atoms with Crippen LogP contribution in [0, 0.1) is 24.7 Å². The fourth-order valence-corrected chi connectivity index (χ4v) is 4.46. The summed E-state index contributed by atoms with van der Waals surface area (Å²) in [5.74, 6) is 1.17. The summed E-state index contributed by atoms with van der Waals surface area (Å²) in [6.45, 7) is 1.66. The van der Waals surface area contributed by atoms with E-state index in [-0.39, 0.29) is 16.7 Å². The topological polar surface area (TPSA) is 89.3 Å². The van der Waals surface area contributed by atoms with Gasteiger partial charge in [-0.05, 0) is 49.3 Å². The third-order valence-electron chi connectivity index (χ3n) is 4.81. The van der Waals surface area contributed by atoms with Crippen LogP contribution in [0.1, 0.15) is 31.2 Å². The molecule has 6 heteroatoms. The van der Waals surface area contributed by atoms with E-state index in [0.717, 1.165) is 12.8 Å². The maximum absolute atomic E-state index is 12.4. The van der Waals surface area contributed by atoms with Crippen molar-refractivity contribution in [2.75, 3.05) is 5.32 Å². The van der Waals surface area contributed by atoms with Crippen LogP contribution < -0.4 is 10.5 Å². The van der Waals surface area contributed by atoms with Crippen molar-refractivity contribution in [1.29, 1.82) is 0 Å². The molecular weight excluding hydrogens is 288 g/mol. The minimum absolute atomic E-state index is 0.0153. The van der Waals surface area contributed by atoms with Crippen molar-refractivity contribution in [3.63, 3.8) is 0 Å². The SMILES string of the molecule is Cc1c(NC(=O)C2C3CCCCC32)cccc1S(N)(=O)=O. The fraction of sp³-hybridized carbons (Fsp3) is 0.533. The van der Waals surface area contributed by atoms with Gasteiger partial charge in [0.1, 0.15) is 0 Å². The van der Waals surface area contributed by atoms with E-state index in [9.17, 15) is 13.2 Å². The van der Waals surface area contributed by atoms with E-state index < -0.39 is 10.0 Å². The molecule has 2 aliphatic carbocycles. The van der Waals surface area contributed by atoms with Gasteiger partial charge in [-0.3, -0.25) is 4.79 Å². The van der Waals surface area contributed by atoms with E-state index >= 15 is 0 Å². The smallest absolute Gasteiger partial charge is 0.238 e. The molecule has 3 rings (SSSR count). The number of hydrogen-bond acceptors (Lipinski definition) is 3. The van der Waals surface area contributed by atoms with Crippen LogP contribution in [-0.2, 0) is 14.8 Å². The Bertz CT molecular complexity index is 672. The summed E-state index contributed by atoms with van der Waals surface area (Å²) in [5.41, 5.74) is 1.03. The highest BCUT2D eigenvalue weighted by molar-refractivity contribution is 7.89. The Morgan fingerprint density at radius 3 is 2.43 bits per heavy atom. The molecule has 21 heavy (non-hydrogen) atoms. The average Bonchev–Trinajstić information content (AvgIpc) is 3.14. The van der Waals surface area contributed by atoms with Gasteiger partial charge in [0.25, 0.3) is 0 Å². The zero-order valence-corrected chi connectivity index (χ0v) is 12.8. The molecule has 2 fully saturated rings. The molecule has 2 unspecified atom stereocenters. The van der Waals surface area contributed by atoms with Crippen molar-refractivity contribution in [1.82, 2.24) is 0 Å². The van der Waals surface area contributed by atoms with Crippen LogP contribution >= 0.6 is 0 Å². The third-order valence-corrected chi connectivity index (χ3v) is 5.86. The average molecular weight is 308 g/mol. The molecule has 1 aromatic carbocycles. The summed E-state index contributed by atoms with van der Waals surface area (Å²) in [7, 11) is -3.77. The first-order valence-electron chi connectivity index (χ1n) is 7.33. The number of hydrogen-bond donors (Lipinski definition) is 2. The number of primary sulfonamides is 1. The largest absolute Gasteiger partial charge is 0.326 e. The van der Waals surface area contributed by atoms with Gasteiger partial charge in [-0.15, -0.1) is 0 Å². The minimum atomic E-state index is -3.77. The Labute approximate surface area is 125 Å². The van der Waals surface area contributed by atoms with Crippen LogP contribution in [0.15, 0.2) is 23.1 Å². The lowest BCUT2D eigenvalue weighted by Gasteiger charge is -2.11. The number of anilines is 1. The van der Waals surface area contributed by atoms with Gasteiger partial charge in [-0.25, -0.2) is 13.6 Å². The van der Waals surface area contributed by atoms with Gasteiger partial charge in [0.05, 0.1) is 4.90 Å². The van der Waals surface area contributed by atoms with Crippen LogP contribution in [-0.4, -0.2) is 14.3 Å². The van der Waals surface area contributed by atoms with Gasteiger partial charge >= 0.3 is 0 Å². The van der Waals surface area contributed by atoms with Gasteiger partial charge in [0.15, 0.2) is 0 Å². The maximum Gasteiger partial charge on any atom is 0.238 e. The number of nitrogens with one attached hydrogen (secondary N) is 1. The van der Waals surface area contributed by atoms with Crippen molar-refractivity contribution in [2.45, 2.75) is 37.5 Å². The zero-order chi connectivity index (χ0) is 15.2. The zero-order valence-electron chi connectivity index (χ0n) is 12.0. The molecule has 114 valence electrons. The first-order chi connectivity index (χ1) is 9.89. The van der Waals surface area contributed by atoms with Crippen LogP contribution in [0.2, 0.25) is 0 Å². The summed E-state index contributed by atoms with van der Waals surface area (Å²) < 4.78 is 23.0. The van der Waals surface area contributed by atoms with E-state index in [1.165, 1.54) is 18.9 Å². The number of nitrogens with two attached hydrogens (primary N) is 1. The van der Waals surface area contributed by atoms with E-state index in [1.807, 2.05) is 0 Å². The lowest BCUT2D eigenvalue weighted by Crippen LogP contribution is -2.18. The molecule has 2 atom stereocenters. The standard InChI is InChI=1S/C15H20N2O3S/c1-9-12(7-4-8-13(9)21(16,19)20)17-15(18)14-10-5-2-3-6-11(10)14/h4,7-8,10-11,14H,2-3,5-6H2,1H3,(H,17,18)(H2,16,19,20). The van der Waals surface area contributed by atoms with Crippen LogP contribution in [0.5, 0.6) is 0 Å². The number of benzene rings is 1. The van der Waals surface area contributed by atoms with Gasteiger partial charge in [-0.1, -0.05) is 18.9 Å². The molecule has 1 amide bonds. The lowest BCUT2D eigenvalue weighted by molar-refractivity contribution is -0.117. The molecule has 0 saturated heterocycles. The number of carbonyl (C=O) groups excluding carboxylic acids is 1. The van der Waals surface area contributed by atoms with Gasteiger partial charge in [0.2, 0.25) is 15.9 Å². The molecular formula is C15H20N2O3S. The molecule has 0 heterocycles. The summed E-state index contributed by atoms with van der Waals surface area (Å²) in [6.07, 6.45) is 4.70. The van der Waals surface area contributed by atoms with Crippen molar-refractivity contribution >= 4 is 21.6 Å². The van der Waals surface area contributed by atoms with E-state index in [4.69, 9.17) is 5.14 Å². The Balaban J connectivity index is 1.78. The highest BCUT2D eigenvalue weighted by atomic mass is 32.2. The van der Waals surface area contributed by atoms with Crippen LogP contribution in [0.4, 0.5) is 5.69 Å². The van der Waals surface area contributed by atoms with Crippen molar-refractivity contribution in [3.8, 4) is 0 Å². The van der Waals surface area contributed by atoms with E-state index in [2.05, 4.69) is 5.32 Å². The highest BCUT2D eigenvalue weighted by Crippen LogP contribution is 2.55.